The SMILES string of the molecule is COCCNc1sc(S(=O)(=O)c2ccccc2)nc1S(=O)(=O)c1ccc(Cl)cc1. The van der Waals surface area contributed by atoms with Crippen LogP contribution in [0.1, 0.15) is 0 Å². The van der Waals surface area contributed by atoms with Crippen LogP contribution in [-0.2, 0) is 24.4 Å². The van der Waals surface area contributed by atoms with Crippen LogP contribution in [0.2, 0.25) is 5.02 Å². The Morgan fingerprint density at radius 2 is 1.59 bits per heavy atom. The fourth-order valence-electron chi connectivity index (χ4n) is 2.39. The number of hydrogen-bond donors (Lipinski definition) is 1. The second kappa shape index (κ2) is 8.80. The minimum absolute atomic E-state index is 0.0348. The van der Waals surface area contributed by atoms with Gasteiger partial charge in [0.05, 0.1) is 16.4 Å². The van der Waals surface area contributed by atoms with Crippen LogP contribution in [0.4, 0.5) is 5.00 Å². The van der Waals surface area contributed by atoms with Crippen LogP contribution in [0.25, 0.3) is 0 Å². The highest BCUT2D eigenvalue weighted by atomic mass is 35.5. The lowest BCUT2D eigenvalue weighted by Crippen LogP contribution is -2.11. The Bertz CT molecular complexity index is 1190. The van der Waals surface area contributed by atoms with Gasteiger partial charge in [0.2, 0.25) is 24.0 Å². The van der Waals surface area contributed by atoms with E-state index < -0.39 is 19.7 Å². The van der Waals surface area contributed by atoms with Gasteiger partial charge in [0.1, 0.15) is 5.00 Å². The molecule has 1 heterocycles. The monoisotopic (exact) mass is 472 g/mol. The Morgan fingerprint density at radius 1 is 0.966 bits per heavy atom. The van der Waals surface area contributed by atoms with Gasteiger partial charge in [0, 0.05) is 18.7 Å². The van der Waals surface area contributed by atoms with Crippen LogP contribution in [-0.4, -0.2) is 42.1 Å². The summed E-state index contributed by atoms with van der Waals surface area (Å²) in [6.45, 7) is 0.589. The van der Waals surface area contributed by atoms with Gasteiger partial charge < -0.3 is 10.1 Å². The lowest BCUT2D eigenvalue weighted by Gasteiger charge is -2.06. The van der Waals surface area contributed by atoms with Crippen molar-refractivity contribution in [2.75, 3.05) is 25.6 Å². The zero-order chi connectivity index (χ0) is 21.1. The molecule has 0 aliphatic carbocycles. The molecule has 3 rings (SSSR count). The lowest BCUT2D eigenvalue weighted by atomic mass is 10.4. The van der Waals surface area contributed by atoms with Gasteiger partial charge in [-0.3, -0.25) is 0 Å². The summed E-state index contributed by atoms with van der Waals surface area (Å²) in [5.74, 6) is 0. The van der Waals surface area contributed by atoms with Gasteiger partial charge in [-0.2, -0.15) is 0 Å². The van der Waals surface area contributed by atoms with Crippen LogP contribution in [0.3, 0.4) is 0 Å². The molecule has 2 aromatic carbocycles. The van der Waals surface area contributed by atoms with Crippen LogP contribution in [0.5, 0.6) is 0 Å². The Kier molecular flexibility index (Phi) is 6.59. The molecule has 154 valence electrons. The summed E-state index contributed by atoms with van der Waals surface area (Å²) in [5.41, 5.74) is 0. The number of ether oxygens (including phenoxy) is 1. The molecule has 0 radical (unpaired) electrons. The number of thiazole rings is 1. The molecule has 0 aliphatic rings. The zero-order valence-electron chi connectivity index (χ0n) is 15.2. The van der Waals surface area contributed by atoms with E-state index in [-0.39, 0.29) is 30.7 Å². The number of sulfone groups is 2. The average Bonchev–Trinajstić information content (AvgIpc) is 3.15. The largest absolute Gasteiger partial charge is 0.383 e. The zero-order valence-corrected chi connectivity index (χ0v) is 18.4. The summed E-state index contributed by atoms with van der Waals surface area (Å²) in [6.07, 6.45) is 0. The molecule has 0 atom stereocenters. The molecule has 0 bridgehead atoms. The van der Waals surface area contributed by atoms with Gasteiger partial charge in [-0.05, 0) is 36.4 Å². The quantitative estimate of drug-likeness (QED) is 0.500. The highest BCUT2D eigenvalue weighted by Crippen LogP contribution is 2.36. The Hall–Kier alpha value is -1.98. The molecule has 3 aromatic rings. The Labute approximate surface area is 178 Å². The standard InChI is InChI=1S/C18H17ClN2O5S3/c1-26-12-11-20-16-17(28(22,23)15-9-7-13(19)8-10-15)21-18(27-16)29(24,25)14-5-3-2-4-6-14/h2-10,20H,11-12H2,1H3. The second-order valence-corrected chi connectivity index (χ2v) is 11.2. The molecule has 0 saturated carbocycles. The van der Waals surface area contributed by atoms with Crippen molar-refractivity contribution in [2.45, 2.75) is 19.2 Å². The Morgan fingerprint density at radius 3 is 2.21 bits per heavy atom. The molecular formula is C18H17ClN2O5S3. The van der Waals surface area contributed by atoms with Crippen LogP contribution < -0.4 is 5.32 Å². The third-order valence-electron chi connectivity index (χ3n) is 3.83. The number of nitrogens with one attached hydrogen (secondary N) is 1. The fraction of sp³-hybridized carbons (Fsp3) is 0.167. The summed E-state index contributed by atoms with van der Waals surface area (Å²) in [4.78, 5) is 4.01. The predicted octanol–water partition coefficient (Wildman–Crippen LogP) is 3.52. The van der Waals surface area contributed by atoms with Gasteiger partial charge >= 0.3 is 0 Å². The lowest BCUT2D eigenvalue weighted by molar-refractivity contribution is 0.211. The number of nitrogens with zero attached hydrogens (tertiary/aromatic N) is 1. The molecule has 1 N–H and O–H groups in total. The molecule has 0 saturated heterocycles. The van der Waals surface area contributed by atoms with Crippen molar-refractivity contribution in [3.05, 3.63) is 59.6 Å². The van der Waals surface area contributed by atoms with Crippen LogP contribution in [0, 0.1) is 0 Å². The van der Waals surface area contributed by atoms with E-state index in [1.54, 1.807) is 18.2 Å². The third-order valence-corrected chi connectivity index (χ3v) is 9.07. The molecule has 7 nitrogen and oxygen atoms in total. The van der Waals surface area contributed by atoms with E-state index in [2.05, 4.69) is 10.3 Å². The fourth-order valence-corrected chi connectivity index (χ4v) is 6.85. The smallest absolute Gasteiger partial charge is 0.233 e. The van der Waals surface area contributed by atoms with Crippen molar-refractivity contribution < 1.29 is 21.6 Å². The molecule has 11 heteroatoms. The van der Waals surface area contributed by atoms with Gasteiger partial charge in [-0.25, -0.2) is 21.8 Å². The first-order valence-electron chi connectivity index (χ1n) is 8.31. The van der Waals surface area contributed by atoms with Gasteiger partial charge in [0.25, 0.3) is 0 Å². The van der Waals surface area contributed by atoms with E-state index in [0.717, 1.165) is 11.3 Å². The maximum atomic E-state index is 13.1. The molecule has 1 aromatic heterocycles. The third kappa shape index (κ3) is 4.62. The number of hydrogen-bond acceptors (Lipinski definition) is 8. The van der Waals surface area contributed by atoms with Gasteiger partial charge in [-0.1, -0.05) is 41.1 Å². The van der Waals surface area contributed by atoms with Crippen molar-refractivity contribution in [1.82, 2.24) is 4.98 Å². The number of benzene rings is 2. The summed E-state index contributed by atoms with van der Waals surface area (Å²) in [5, 5.41) is 3.07. The minimum atomic E-state index is -4.07. The molecule has 29 heavy (non-hydrogen) atoms. The molecule has 0 aliphatic heterocycles. The highest BCUT2D eigenvalue weighted by molar-refractivity contribution is 7.94. The maximum absolute atomic E-state index is 13.1. The number of aromatic nitrogens is 1. The average molecular weight is 473 g/mol. The van der Waals surface area contributed by atoms with E-state index in [9.17, 15) is 16.8 Å². The molecule has 0 spiro atoms. The number of rotatable bonds is 8. The van der Waals surface area contributed by atoms with E-state index in [0.29, 0.717) is 11.6 Å². The second-order valence-electron chi connectivity index (χ2n) is 5.81. The molecule has 0 unspecified atom stereocenters. The van der Waals surface area contributed by atoms with E-state index in [1.165, 1.54) is 43.5 Å². The minimum Gasteiger partial charge on any atom is -0.383 e. The van der Waals surface area contributed by atoms with Gasteiger partial charge in [0.15, 0.2) is 5.03 Å². The van der Waals surface area contributed by atoms with Crippen LogP contribution in [0.15, 0.2) is 73.8 Å². The summed E-state index contributed by atoms with van der Waals surface area (Å²) in [6, 6.07) is 13.3. The first-order valence-corrected chi connectivity index (χ1v) is 12.5. The first-order chi connectivity index (χ1) is 13.8. The molecular weight excluding hydrogens is 456 g/mol. The number of methoxy groups -OCH3 is 1. The van der Waals surface area contributed by atoms with Gasteiger partial charge in [-0.15, -0.1) is 0 Å². The Balaban J connectivity index is 2.11. The van der Waals surface area contributed by atoms with Crippen molar-refractivity contribution in [1.29, 1.82) is 0 Å². The molecule has 0 amide bonds. The summed E-state index contributed by atoms with van der Waals surface area (Å²) >= 11 is 6.61. The summed E-state index contributed by atoms with van der Waals surface area (Å²) < 4.78 is 56.7. The predicted molar refractivity (Wildman–Crippen MR) is 111 cm³/mol. The number of halogens is 1. The van der Waals surface area contributed by atoms with E-state index in [1.807, 2.05) is 0 Å². The number of anilines is 1. The van der Waals surface area contributed by atoms with E-state index >= 15 is 0 Å². The highest BCUT2D eigenvalue weighted by Gasteiger charge is 2.31. The first kappa shape index (κ1) is 21.7. The summed E-state index contributed by atoms with van der Waals surface area (Å²) in [7, 11) is -6.54. The van der Waals surface area contributed by atoms with Crippen molar-refractivity contribution in [3.63, 3.8) is 0 Å². The van der Waals surface area contributed by atoms with Crippen molar-refractivity contribution in [3.8, 4) is 0 Å². The normalized spacial score (nSPS) is 12.1. The topological polar surface area (TPSA) is 102 Å². The van der Waals surface area contributed by atoms with Crippen LogP contribution >= 0.6 is 22.9 Å². The maximum Gasteiger partial charge on any atom is 0.233 e. The van der Waals surface area contributed by atoms with E-state index in [4.69, 9.17) is 16.3 Å². The molecule has 0 fully saturated rings. The van der Waals surface area contributed by atoms with Crippen molar-refractivity contribution >= 4 is 47.6 Å². The van der Waals surface area contributed by atoms with Crippen molar-refractivity contribution in [2.24, 2.45) is 0 Å².